The van der Waals surface area contributed by atoms with Crippen LogP contribution in [0.3, 0.4) is 0 Å². The second kappa shape index (κ2) is 7.40. The van der Waals surface area contributed by atoms with Crippen LogP contribution < -0.4 is 10.6 Å². The van der Waals surface area contributed by atoms with E-state index in [1.807, 2.05) is 43.5 Å². The molecule has 0 spiro atoms. The second-order valence-corrected chi connectivity index (χ2v) is 6.43. The third kappa shape index (κ3) is 4.29. The molecule has 3 rings (SSSR count). The highest BCUT2D eigenvalue weighted by atomic mass is 79.9. The van der Waals surface area contributed by atoms with Gasteiger partial charge in [-0.15, -0.1) is 0 Å². The van der Waals surface area contributed by atoms with Gasteiger partial charge in [-0.25, -0.2) is 4.98 Å². The minimum Gasteiger partial charge on any atom is -0.350 e. The molecule has 24 heavy (non-hydrogen) atoms. The summed E-state index contributed by atoms with van der Waals surface area (Å²) in [6.07, 6.45) is 3.59. The molecule has 0 fully saturated rings. The molecule has 0 aliphatic rings. The maximum Gasteiger partial charge on any atom is 0.225 e. The Labute approximate surface area is 149 Å². The number of hydrogen-bond acceptors (Lipinski definition) is 5. The average Bonchev–Trinajstić information content (AvgIpc) is 2.56. The van der Waals surface area contributed by atoms with Gasteiger partial charge in [0.15, 0.2) is 0 Å². The fraction of sp³-hybridized carbons (Fsp3) is 0.167. The summed E-state index contributed by atoms with van der Waals surface area (Å²) in [7, 11) is 0. The highest BCUT2D eigenvalue weighted by Crippen LogP contribution is 2.23. The lowest BCUT2D eigenvalue weighted by atomic mass is 10.2. The number of halogens is 1. The molecule has 1 aromatic carbocycles. The molecule has 0 amide bonds. The van der Waals surface area contributed by atoms with Gasteiger partial charge < -0.3 is 10.6 Å². The molecule has 0 saturated carbocycles. The first-order valence-corrected chi connectivity index (χ1v) is 8.41. The minimum absolute atomic E-state index is 0.594. The topological polar surface area (TPSA) is 62.7 Å². The molecular weight excluding hydrogens is 366 g/mol. The van der Waals surface area contributed by atoms with E-state index in [1.165, 1.54) is 0 Å². The number of nitrogens with one attached hydrogen (secondary N) is 2. The number of nitrogens with zero attached hydrogens (tertiary/aromatic N) is 3. The zero-order chi connectivity index (χ0) is 16.9. The first-order chi connectivity index (χ1) is 11.6. The van der Waals surface area contributed by atoms with Gasteiger partial charge in [0.1, 0.15) is 5.82 Å². The van der Waals surface area contributed by atoms with Gasteiger partial charge >= 0.3 is 0 Å². The molecule has 122 valence electrons. The molecule has 2 aromatic heterocycles. The third-order valence-corrected chi connectivity index (χ3v) is 3.97. The van der Waals surface area contributed by atoms with Gasteiger partial charge in [-0.05, 0) is 49.2 Å². The van der Waals surface area contributed by atoms with Gasteiger partial charge in [-0.1, -0.05) is 22.0 Å². The zero-order valence-corrected chi connectivity index (χ0v) is 15.1. The van der Waals surface area contributed by atoms with Gasteiger partial charge in [0.2, 0.25) is 5.95 Å². The van der Waals surface area contributed by atoms with E-state index in [9.17, 15) is 0 Å². The molecule has 0 radical (unpaired) electrons. The van der Waals surface area contributed by atoms with Crippen molar-refractivity contribution in [1.82, 2.24) is 15.0 Å². The maximum absolute atomic E-state index is 4.54. The Morgan fingerprint density at radius 3 is 2.71 bits per heavy atom. The summed E-state index contributed by atoms with van der Waals surface area (Å²) >= 11 is 3.48. The van der Waals surface area contributed by atoms with Crippen molar-refractivity contribution < 1.29 is 0 Å². The number of rotatable bonds is 5. The van der Waals surface area contributed by atoms with Crippen LogP contribution in [0.5, 0.6) is 0 Å². The molecule has 5 nitrogen and oxygen atoms in total. The Kier molecular flexibility index (Phi) is 5.05. The van der Waals surface area contributed by atoms with Crippen LogP contribution in [0.15, 0.2) is 53.3 Å². The normalized spacial score (nSPS) is 10.5. The maximum atomic E-state index is 4.54. The van der Waals surface area contributed by atoms with Crippen LogP contribution in [-0.2, 0) is 6.54 Å². The number of pyridine rings is 1. The van der Waals surface area contributed by atoms with Crippen molar-refractivity contribution in [2.75, 3.05) is 10.6 Å². The predicted molar refractivity (Wildman–Crippen MR) is 100 cm³/mol. The van der Waals surface area contributed by atoms with Crippen molar-refractivity contribution in [1.29, 1.82) is 0 Å². The molecule has 2 N–H and O–H groups in total. The molecule has 0 saturated heterocycles. The molecule has 0 aliphatic heterocycles. The summed E-state index contributed by atoms with van der Waals surface area (Å²) < 4.78 is 1.06. The lowest BCUT2D eigenvalue weighted by Crippen LogP contribution is -2.06. The lowest BCUT2D eigenvalue weighted by molar-refractivity contribution is 1.02. The fourth-order valence-electron chi connectivity index (χ4n) is 2.30. The highest BCUT2D eigenvalue weighted by molar-refractivity contribution is 9.10. The minimum atomic E-state index is 0.594. The van der Waals surface area contributed by atoms with E-state index < -0.39 is 0 Å². The fourth-order valence-corrected chi connectivity index (χ4v) is 2.78. The summed E-state index contributed by atoms with van der Waals surface area (Å²) in [5.41, 5.74) is 4.15. The Morgan fingerprint density at radius 2 is 1.96 bits per heavy atom. The number of aromatic nitrogens is 3. The molecular formula is C18H18BrN5. The molecule has 3 aromatic rings. The quantitative estimate of drug-likeness (QED) is 0.673. The van der Waals surface area contributed by atoms with E-state index in [-0.39, 0.29) is 0 Å². The first-order valence-electron chi connectivity index (χ1n) is 7.62. The second-order valence-electron chi connectivity index (χ2n) is 5.52. The van der Waals surface area contributed by atoms with Crippen molar-refractivity contribution in [3.05, 3.63) is 70.1 Å². The van der Waals surface area contributed by atoms with Crippen molar-refractivity contribution in [3.63, 3.8) is 0 Å². The van der Waals surface area contributed by atoms with Crippen LogP contribution in [0.1, 0.15) is 16.8 Å². The monoisotopic (exact) mass is 383 g/mol. The summed E-state index contributed by atoms with van der Waals surface area (Å²) in [4.78, 5) is 13.1. The van der Waals surface area contributed by atoms with Crippen molar-refractivity contribution in [2.24, 2.45) is 0 Å². The lowest BCUT2D eigenvalue weighted by Gasteiger charge is -2.12. The van der Waals surface area contributed by atoms with E-state index in [0.29, 0.717) is 12.5 Å². The molecule has 0 bridgehead atoms. The van der Waals surface area contributed by atoms with Gasteiger partial charge in [-0.3, -0.25) is 4.98 Å². The Hall–Kier alpha value is -2.47. The van der Waals surface area contributed by atoms with Gasteiger partial charge in [-0.2, -0.15) is 4.98 Å². The molecule has 0 atom stereocenters. The largest absolute Gasteiger partial charge is 0.350 e. The molecule has 6 heteroatoms. The average molecular weight is 384 g/mol. The molecule has 0 unspecified atom stereocenters. The van der Waals surface area contributed by atoms with E-state index in [0.717, 1.165) is 32.8 Å². The van der Waals surface area contributed by atoms with Gasteiger partial charge in [0, 0.05) is 40.9 Å². The van der Waals surface area contributed by atoms with Crippen molar-refractivity contribution in [2.45, 2.75) is 20.4 Å². The van der Waals surface area contributed by atoms with E-state index in [1.54, 1.807) is 6.20 Å². The predicted octanol–water partition coefficient (Wildman–Crippen LogP) is 4.61. The summed E-state index contributed by atoms with van der Waals surface area (Å²) in [5.74, 6) is 1.36. The Bertz CT molecular complexity index is 836. The van der Waals surface area contributed by atoms with Crippen LogP contribution >= 0.6 is 15.9 Å². The first kappa shape index (κ1) is 16.4. The number of anilines is 3. The highest BCUT2D eigenvalue weighted by Gasteiger charge is 2.05. The van der Waals surface area contributed by atoms with E-state index in [4.69, 9.17) is 0 Å². The summed E-state index contributed by atoms with van der Waals surface area (Å²) in [5, 5.41) is 6.60. The number of benzene rings is 1. The SMILES string of the molecule is Cc1cc(Nc2ccc(Br)cc2C)nc(NCc2cccnc2)n1. The number of hydrogen-bond donors (Lipinski definition) is 2. The van der Waals surface area contributed by atoms with E-state index in [2.05, 4.69) is 54.5 Å². The van der Waals surface area contributed by atoms with Gasteiger partial charge in [0.05, 0.1) is 0 Å². The smallest absolute Gasteiger partial charge is 0.225 e. The van der Waals surface area contributed by atoms with Crippen LogP contribution in [-0.4, -0.2) is 15.0 Å². The van der Waals surface area contributed by atoms with E-state index >= 15 is 0 Å². The van der Waals surface area contributed by atoms with Crippen LogP contribution in [0.2, 0.25) is 0 Å². The number of aryl methyl sites for hydroxylation is 2. The van der Waals surface area contributed by atoms with Crippen LogP contribution in [0.25, 0.3) is 0 Å². The standard InChI is InChI=1S/C18H18BrN5/c1-12-8-15(19)5-6-16(12)23-17-9-13(2)22-18(24-17)21-11-14-4-3-7-20-10-14/h3-10H,11H2,1-2H3,(H2,21,22,23,24). The van der Waals surface area contributed by atoms with Crippen molar-refractivity contribution in [3.8, 4) is 0 Å². The Balaban J connectivity index is 1.76. The van der Waals surface area contributed by atoms with Gasteiger partial charge in [0.25, 0.3) is 0 Å². The molecule has 2 heterocycles. The van der Waals surface area contributed by atoms with Crippen molar-refractivity contribution >= 4 is 33.4 Å². The zero-order valence-electron chi connectivity index (χ0n) is 13.5. The summed E-state index contributed by atoms with van der Waals surface area (Å²) in [6.45, 7) is 4.65. The van der Waals surface area contributed by atoms with Crippen LogP contribution in [0, 0.1) is 13.8 Å². The molecule has 0 aliphatic carbocycles. The van der Waals surface area contributed by atoms with Crippen LogP contribution in [0.4, 0.5) is 17.5 Å². The summed E-state index contributed by atoms with van der Waals surface area (Å²) in [6, 6.07) is 12.0. The Morgan fingerprint density at radius 1 is 1.08 bits per heavy atom. The third-order valence-electron chi connectivity index (χ3n) is 3.48.